The van der Waals surface area contributed by atoms with Crippen LogP contribution in [0.3, 0.4) is 0 Å². The maximum atomic E-state index is 11.8. The van der Waals surface area contributed by atoms with Gasteiger partial charge in [-0.2, -0.15) is 0 Å². The highest BCUT2D eigenvalue weighted by Gasteiger charge is 2.12. The summed E-state index contributed by atoms with van der Waals surface area (Å²) < 4.78 is 0. The third-order valence-electron chi connectivity index (χ3n) is 3.11. The average molecular weight is 346 g/mol. The summed E-state index contributed by atoms with van der Waals surface area (Å²) in [4.78, 5) is 39.8. The number of rotatable bonds is 7. The van der Waals surface area contributed by atoms with E-state index in [0.29, 0.717) is 4.88 Å². The number of hydrogen-bond acceptors (Lipinski definition) is 5. The van der Waals surface area contributed by atoms with Gasteiger partial charge in [-0.25, -0.2) is 0 Å². The molecule has 7 nitrogen and oxygen atoms in total. The molecule has 0 radical (unpaired) electrons. The largest absolute Gasteiger partial charge is 0.346 e. The minimum absolute atomic E-state index is 0.162. The van der Waals surface area contributed by atoms with Gasteiger partial charge in [0.15, 0.2) is 0 Å². The first-order valence-corrected chi connectivity index (χ1v) is 8.23. The van der Waals surface area contributed by atoms with Crippen LogP contribution in [-0.4, -0.2) is 35.8 Å². The summed E-state index contributed by atoms with van der Waals surface area (Å²) in [5.74, 6) is -1.07. The summed E-state index contributed by atoms with van der Waals surface area (Å²) in [6, 6.07) is 8.61. The van der Waals surface area contributed by atoms with Gasteiger partial charge in [-0.1, -0.05) is 12.1 Å². The molecule has 0 spiro atoms. The van der Waals surface area contributed by atoms with Crippen LogP contribution in [0.5, 0.6) is 0 Å². The number of carbonyl (C=O) groups excluding carboxylic acids is 3. The quantitative estimate of drug-likeness (QED) is 0.692. The van der Waals surface area contributed by atoms with Gasteiger partial charge in [0.05, 0.1) is 29.7 Å². The average Bonchev–Trinajstić information content (AvgIpc) is 3.13. The minimum Gasteiger partial charge on any atom is -0.346 e. The van der Waals surface area contributed by atoms with Gasteiger partial charge in [-0.3, -0.25) is 19.4 Å². The molecular formula is C16H18N4O3S. The van der Waals surface area contributed by atoms with Gasteiger partial charge in [0, 0.05) is 6.20 Å². The van der Waals surface area contributed by atoms with E-state index in [-0.39, 0.29) is 30.9 Å². The molecule has 0 saturated carbocycles. The Hall–Kier alpha value is -2.74. The summed E-state index contributed by atoms with van der Waals surface area (Å²) in [5, 5.41) is 9.47. The van der Waals surface area contributed by atoms with Crippen molar-refractivity contribution in [2.24, 2.45) is 0 Å². The Morgan fingerprint density at radius 1 is 1.08 bits per heavy atom. The SMILES string of the molecule is C[C@@H](NC(=O)CNC(=O)CNC(=O)c1cccs1)c1ccccn1. The van der Waals surface area contributed by atoms with Crippen molar-refractivity contribution in [3.8, 4) is 0 Å². The van der Waals surface area contributed by atoms with Crippen LogP contribution >= 0.6 is 11.3 Å². The molecule has 8 heteroatoms. The Morgan fingerprint density at radius 2 is 1.88 bits per heavy atom. The summed E-state index contributed by atoms with van der Waals surface area (Å²) >= 11 is 1.29. The number of amides is 3. The van der Waals surface area contributed by atoms with Crippen LogP contribution in [0.1, 0.15) is 28.3 Å². The third-order valence-corrected chi connectivity index (χ3v) is 3.98. The smallest absolute Gasteiger partial charge is 0.261 e. The molecule has 2 aromatic heterocycles. The van der Waals surface area contributed by atoms with Crippen molar-refractivity contribution < 1.29 is 14.4 Å². The first-order valence-electron chi connectivity index (χ1n) is 7.35. The van der Waals surface area contributed by atoms with Crippen LogP contribution in [0.15, 0.2) is 41.9 Å². The highest BCUT2D eigenvalue weighted by atomic mass is 32.1. The van der Waals surface area contributed by atoms with Crippen molar-refractivity contribution in [3.05, 3.63) is 52.5 Å². The summed E-state index contributed by atoms with van der Waals surface area (Å²) in [6.07, 6.45) is 1.65. The summed E-state index contributed by atoms with van der Waals surface area (Å²) in [6.45, 7) is 1.47. The van der Waals surface area contributed by atoms with Crippen LogP contribution in [0.25, 0.3) is 0 Å². The van der Waals surface area contributed by atoms with Gasteiger partial charge in [-0.15, -0.1) is 11.3 Å². The third kappa shape index (κ3) is 5.47. The van der Waals surface area contributed by atoms with Crippen molar-refractivity contribution in [1.29, 1.82) is 0 Å². The van der Waals surface area contributed by atoms with E-state index in [1.807, 2.05) is 19.1 Å². The Labute approximate surface area is 143 Å². The fraction of sp³-hybridized carbons (Fsp3) is 0.250. The van der Waals surface area contributed by atoms with Crippen LogP contribution in [-0.2, 0) is 9.59 Å². The standard InChI is InChI=1S/C16H18N4O3S/c1-11(12-5-2-3-7-17-12)20-15(22)10-18-14(21)9-19-16(23)13-6-4-8-24-13/h2-8,11H,9-10H2,1H3,(H,18,21)(H,19,23)(H,20,22)/t11-/m1/s1. The van der Waals surface area contributed by atoms with E-state index in [4.69, 9.17) is 0 Å². The molecule has 0 fully saturated rings. The lowest BCUT2D eigenvalue weighted by Gasteiger charge is -2.13. The first kappa shape index (κ1) is 17.6. The van der Waals surface area contributed by atoms with Gasteiger partial charge >= 0.3 is 0 Å². The summed E-state index contributed by atoms with van der Waals surface area (Å²) in [7, 11) is 0. The topological polar surface area (TPSA) is 100 Å². The number of thiophene rings is 1. The van der Waals surface area contributed by atoms with Crippen LogP contribution in [0.2, 0.25) is 0 Å². The lowest BCUT2D eigenvalue weighted by Crippen LogP contribution is -2.42. The molecule has 1 atom stereocenters. The molecule has 2 aromatic rings. The first-order chi connectivity index (χ1) is 11.6. The van der Waals surface area contributed by atoms with Crippen LogP contribution in [0, 0.1) is 0 Å². The molecule has 126 valence electrons. The fourth-order valence-electron chi connectivity index (χ4n) is 1.90. The molecule has 3 N–H and O–H groups in total. The molecule has 0 bridgehead atoms. The number of hydrogen-bond donors (Lipinski definition) is 3. The van der Waals surface area contributed by atoms with Crippen molar-refractivity contribution >= 4 is 29.1 Å². The normalized spacial score (nSPS) is 11.4. The number of nitrogens with zero attached hydrogens (tertiary/aromatic N) is 1. The second kappa shape index (κ2) is 8.78. The zero-order chi connectivity index (χ0) is 17.4. The molecule has 24 heavy (non-hydrogen) atoms. The second-order valence-electron chi connectivity index (χ2n) is 4.98. The second-order valence-corrected chi connectivity index (χ2v) is 5.93. The molecule has 0 aliphatic heterocycles. The Kier molecular flexibility index (Phi) is 6.44. The van der Waals surface area contributed by atoms with Gasteiger partial charge in [0.1, 0.15) is 0 Å². The molecule has 2 heterocycles. The van der Waals surface area contributed by atoms with Crippen LogP contribution in [0.4, 0.5) is 0 Å². The Morgan fingerprint density at radius 3 is 2.54 bits per heavy atom. The lowest BCUT2D eigenvalue weighted by atomic mass is 10.2. The number of aromatic nitrogens is 1. The maximum absolute atomic E-state index is 11.8. The van der Waals surface area contributed by atoms with E-state index in [1.54, 1.807) is 29.8 Å². The molecule has 3 amide bonds. The van der Waals surface area contributed by atoms with Crippen molar-refractivity contribution in [2.75, 3.05) is 13.1 Å². The zero-order valence-corrected chi connectivity index (χ0v) is 13.9. The number of nitrogens with one attached hydrogen (secondary N) is 3. The predicted molar refractivity (Wildman–Crippen MR) is 90.5 cm³/mol. The molecule has 0 aliphatic carbocycles. The molecule has 2 rings (SSSR count). The van der Waals surface area contributed by atoms with E-state index in [1.165, 1.54) is 11.3 Å². The van der Waals surface area contributed by atoms with Gasteiger partial charge in [0.2, 0.25) is 11.8 Å². The van der Waals surface area contributed by atoms with Crippen molar-refractivity contribution in [2.45, 2.75) is 13.0 Å². The highest BCUT2D eigenvalue weighted by molar-refractivity contribution is 7.12. The molecular weight excluding hydrogens is 328 g/mol. The zero-order valence-electron chi connectivity index (χ0n) is 13.1. The monoisotopic (exact) mass is 346 g/mol. The van der Waals surface area contributed by atoms with E-state index in [2.05, 4.69) is 20.9 Å². The Bertz CT molecular complexity index is 689. The van der Waals surface area contributed by atoms with Gasteiger partial charge < -0.3 is 16.0 Å². The fourth-order valence-corrected chi connectivity index (χ4v) is 2.54. The molecule has 0 aliphatic rings. The minimum atomic E-state index is -0.430. The predicted octanol–water partition coefficient (Wildman–Crippen LogP) is 0.866. The van der Waals surface area contributed by atoms with Gasteiger partial charge in [-0.05, 0) is 30.5 Å². The lowest BCUT2D eigenvalue weighted by molar-refractivity contribution is -0.125. The Balaban J connectivity index is 1.67. The number of carbonyl (C=O) groups is 3. The van der Waals surface area contributed by atoms with Gasteiger partial charge in [0.25, 0.3) is 5.91 Å². The van der Waals surface area contributed by atoms with Crippen LogP contribution < -0.4 is 16.0 Å². The van der Waals surface area contributed by atoms with E-state index < -0.39 is 5.91 Å². The molecule has 0 unspecified atom stereocenters. The van der Waals surface area contributed by atoms with Crippen molar-refractivity contribution in [3.63, 3.8) is 0 Å². The van der Waals surface area contributed by atoms with E-state index in [0.717, 1.165) is 5.69 Å². The maximum Gasteiger partial charge on any atom is 0.261 e. The van der Waals surface area contributed by atoms with E-state index >= 15 is 0 Å². The number of pyridine rings is 1. The molecule has 0 saturated heterocycles. The summed E-state index contributed by atoms with van der Waals surface area (Å²) in [5.41, 5.74) is 0.736. The molecule has 0 aromatic carbocycles. The van der Waals surface area contributed by atoms with E-state index in [9.17, 15) is 14.4 Å². The highest BCUT2D eigenvalue weighted by Crippen LogP contribution is 2.08. The van der Waals surface area contributed by atoms with Crippen molar-refractivity contribution in [1.82, 2.24) is 20.9 Å².